The number of hydrogen-bond donors (Lipinski definition) is 2. The van der Waals surface area contributed by atoms with Crippen molar-refractivity contribution in [2.24, 2.45) is 0 Å². The Balaban J connectivity index is 3.93. The highest BCUT2D eigenvalue weighted by Crippen LogP contribution is 2.31. The van der Waals surface area contributed by atoms with Gasteiger partial charge in [-0.15, -0.1) is 0 Å². The molecule has 0 aromatic carbocycles. The Hall–Kier alpha value is -3.12. The zero-order chi connectivity index (χ0) is 21.3. The van der Waals surface area contributed by atoms with Crippen LogP contribution in [0, 0.1) is 0 Å². The van der Waals surface area contributed by atoms with E-state index in [4.69, 9.17) is 0 Å². The van der Waals surface area contributed by atoms with Crippen LogP contribution in [0.25, 0.3) is 0 Å². The van der Waals surface area contributed by atoms with Crippen LogP contribution in [0.1, 0.15) is 0 Å². The minimum Gasteiger partial charge on any atom is -0.322 e. The highest BCUT2D eigenvalue weighted by Gasteiger charge is 2.64. The molecule has 0 unspecified atom stereocenters. The second kappa shape index (κ2) is 9.71. The van der Waals surface area contributed by atoms with Gasteiger partial charge in [0, 0.05) is 32.7 Å². The standard InChI is InChI=1S/C16H20N4O8/c21-6-14(7-22)5-18-2-1-17-3-4-19(12-27)15(8-23,9-24)16(10-25,11-26)20(14)13-28/h6-13,17-18H,1-5H2. The van der Waals surface area contributed by atoms with Crippen LogP contribution < -0.4 is 10.6 Å². The lowest BCUT2D eigenvalue weighted by Crippen LogP contribution is -2.79. The van der Waals surface area contributed by atoms with Crippen LogP contribution in [0.5, 0.6) is 0 Å². The molecule has 28 heavy (non-hydrogen) atoms. The number of nitrogens with one attached hydrogen (secondary N) is 2. The van der Waals surface area contributed by atoms with Crippen molar-refractivity contribution in [2.75, 3.05) is 32.7 Å². The molecule has 12 heteroatoms. The largest absolute Gasteiger partial charge is 0.322 e. The average molecular weight is 396 g/mol. The summed E-state index contributed by atoms with van der Waals surface area (Å²) in [6, 6.07) is 0. The highest BCUT2D eigenvalue weighted by atomic mass is 16.2. The van der Waals surface area contributed by atoms with Crippen LogP contribution in [0.15, 0.2) is 0 Å². The fraction of sp³-hybridized carbons (Fsp3) is 0.500. The maximum atomic E-state index is 12.1. The molecule has 1 rings (SSSR count). The van der Waals surface area contributed by atoms with Crippen molar-refractivity contribution in [3.63, 3.8) is 0 Å². The summed E-state index contributed by atoms with van der Waals surface area (Å²) in [5, 5.41) is 5.59. The summed E-state index contributed by atoms with van der Waals surface area (Å²) in [6.07, 6.45) is -0.809. The van der Waals surface area contributed by atoms with Crippen LogP contribution in [0.4, 0.5) is 0 Å². The van der Waals surface area contributed by atoms with E-state index in [1.807, 2.05) is 0 Å². The normalized spacial score (nSPS) is 21.7. The molecule has 152 valence electrons. The molecule has 0 radical (unpaired) electrons. The molecule has 0 saturated carbocycles. The SMILES string of the molecule is O=CN1CCNCCNCC(C=O)(C=O)N(C=O)C(C=O)(C=O)C1(C=O)C=O. The van der Waals surface area contributed by atoms with Gasteiger partial charge in [0.1, 0.15) is 0 Å². The first-order valence-electron chi connectivity index (χ1n) is 8.14. The van der Waals surface area contributed by atoms with E-state index in [-0.39, 0.29) is 75.1 Å². The molecule has 0 aromatic heterocycles. The van der Waals surface area contributed by atoms with Gasteiger partial charge in [-0.1, -0.05) is 0 Å². The monoisotopic (exact) mass is 396 g/mol. The lowest BCUT2D eigenvalue weighted by atomic mass is 9.75. The van der Waals surface area contributed by atoms with Crippen LogP contribution in [-0.2, 0) is 38.4 Å². The van der Waals surface area contributed by atoms with E-state index < -0.39 is 23.2 Å². The van der Waals surface area contributed by atoms with Crippen molar-refractivity contribution in [1.29, 1.82) is 0 Å². The van der Waals surface area contributed by atoms with Gasteiger partial charge in [-0.2, -0.15) is 0 Å². The van der Waals surface area contributed by atoms with E-state index in [9.17, 15) is 38.4 Å². The summed E-state index contributed by atoms with van der Waals surface area (Å²) >= 11 is 0. The van der Waals surface area contributed by atoms with Crippen molar-refractivity contribution in [3.05, 3.63) is 0 Å². The van der Waals surface area contributed by atoms with E-state index in [1.165, 1.54) is 0 Å². The Morgan fingerprint density at radius 2 is 1.14 bits per heavy atom. The van der Waals surface area contributed by atoms with Crippen molar-refractivity contribution in [3.8, 4) is 0 Å². The second-order valence-electron chi connectivity index (χ2n) is 6.05. The Bertz CT molecular complexity index is 629. The second-order valence-corrected chi connectivity index (χ2v) is 6.05. The van der Waals surface area contributed by atoms with E-state index >= 15 is 0 Å². The Morgan fingerprint density at radius 1 is 0.607 bits per heavy atom. The fourth-order valence-electron chi connectivity index (χ4n) is 3.06. The third-order valence-corrected chi connectivity index (χ3v) is 4.74. The first kappa shape index (κ1) is 22.9. The summed E-state index contributed by atoms with van der Waals surface area (Å²) in [5.41, 5.74) is -8.19. The van der Waals surface area contributed by atoms with Crippen molar-refractivity contribution < 1.29 is 38.4 Å². The van der Waals surface area contributed by atoms with Gasteiger partial charge >= 0.3 is 0 Å². The molecule has 0 bridgehead atoms. The maximum absolute atomic E-state index is 12.1. The predicted molar refractivity (Wildman–Crippen MR) is 91.0 cm³/mol. The Kier molecular flexibility index (Phi) is 7.95. The molecule has 0 spiro atoms. The first-order valence-corrected chi connectivity index (χ1v) is 8.14. The molecule has 0 aromatic rings. The first-order chi connectivity index (χ1) is 13.5. The van der Waals surface area contributed by atoms with Gasteiger partial charge in [-0.3, -0.25) is 9.59 Å². The summed E-state index contributed by atoms with van der Waals surface area (Å²) in [6.45, 7) is -0.210. The number of rotatable bonds is 8. The zero-order valence-corrected chi connectivity index (χ0v) is 14.8. The minimum absolute atomic E-state index is 0.00790. The summed E-state index contributed by atoms with van der Waals surface area (Å²) in [5.74, 6) is 0. The molecule has 2 N–H and O–H groups in total. The van der Waals surface area contributed by atoms with Gasteiger partial charge in [0.15, 0.2) is 54.3 Å². The van der Waals surface area contributed by atoms with Gasteiger partial charge in [0.2, 0.25) is 12.8 Å². The smallest absolute Gasteiger partial charge is 0.212 e. The molecule has 2 amide bonds. The summed E-state index contributed by atoms with van der Waals surface area (Å²) in [4.78, 5) is 95.9. The van der Waals surface area contributed by atoms with Crippen LogP contribution >= 0.6 is 0 Å². The number of carbonyl (C=O) groups excluding carboxylic acids is 8. The van der Waals surface area contributed by atoms with Gasteiger partial charge in [0.25, 0.3) is 0 Å². The van der Waals surface area contributed by atoms with Crippen LogP contribution in [0.3, 0.4) is 0 Å². The van der Waals surface area contributed by atoms with Gasteiger partial charge in [0.05, 0.1) is 0 Å². The number of hydrogen-bond acceptors (Lipinski definition) is 10. The third-order valence-electron chi connectivity index (χ3n) is 4.74. The predicted octanol–water partition coefficient (Wildman–Crippen LogP) is -4.49. The van der Waals surface area contributed by atoms with Gasteiger partial charge in [-0.25, -0.2) is 0 Å². The topological polar surface area (TPSA) is 167 Å². The lowest BCUT2D eigenvalue weighted by molar-refractivity contribution is -0.168. The van der Waals surface area contributed by atoms with Crippen LogP contribution in [-0.4, -0.2) is 110 Å². The fourth-order valence-corrected chi connectivity index (χ4v) is 3.06. The summed E-state index contributed by atoms with van der Waals surface area (Å²) in [7, 11) is 0. The maximum Gasteiger partial charge on any atom is 0.212 e. The van der Waals surface area contributed by atoms with Crippen molar-refractivity contribution >= 4 is 50.5 Å². The quantitative estimate of drug-likeness (QED) is 0.301. The zero-order valence-electron chi connectivity index (χ0n) is 14.8. The van der Waals surface area contributed by atoms with Gasteiger partial charge < -0.3 is 49.2 Å². The van der Waals surface area contributed by atoms with E-state index in [0.29, 0.717) is 11.4 Å². The number of carbonyl (C=O) groups is 8. The van der Waals surface area contributed by atoms with E-state index in [1.54, 1.807) is 0 Å². The molecule has 0 aliphatic carbocycles. The molecule has 1 aliphatic rings. The Morgan fingerprint density at radius 3 is 1.57 bits per heavy atom. The molecule has 1 fully saturated rings. The molecule has 1 saturated heterocycles. The van der Waals surface area contributed by atoms with Crippen molar-refractivity contribution in [2.45, 2.75) is 16.6 Å². The molecular weight excluding hydrogens is 376 g/mol. The molecule has 1 aliphatic heterocycles. The Labute approximate surface area is 159 Å². The third kappa shape index (κ3) is 3.39. The number of amides is 2. The number of nitrogens with zero attached hydrogens (tertiary/aromatic N) is 2. The van der Waals surface area contributed by atoms with Crippen molar-refractivity contribution in [1.82, 2.24) is 20.4 Å². The lowest BCUT2D eigenvalue weighted by Gasteiger charge is -2.50. The average Bonchev–Trinajstić information content (AvgIpc) is 2.74. The van der Waals surface area contributed by atoms with E-state index in [0.717, 1.165) is 0 Å². The highest BCUT2D eigenvalue weighted by molar-refractivity contribution is 6.11. The molecule has 1 heterocycles. The molecule has 12 nitrogen and oxygen atoms in total. The number of aldehydes is 6. The van der Waals surface area contributed by atoms with Crippen LogP contribution in [0.2, 0.25) is 0 Å². The van der Waals surface area contributed by atoms with Gasteiger partial charge in [-0.05, 0) is 0 Å². The molecular formula is C16H20N4O8. The molecule has 0 atom stereocenters. The minimum atomic E-state index is -2.97. The van der Waals surface area contributed by atoms with E-state index in [2.05, 4.69) is 10.6 Å². The summed E-state index contributed by atoms with van der Waals surface area (Å²) < 4.78 is 0.